The first-order chi connectivity index (χ1) is 9.68. The monoisotopic (exact) mass is 293 g/mol. The fourth-order valence-corrected chi connectivity index (χ4v) is 3.08. The van der Waals surface area contributed by atoms with E-state index in [2.05, 4.69) is 5.32 Å². The molecule has 4 heteroatoms. The summed E-state index contributed by atoms with van der Waals surface area (Å²) < 4.78 is 5.55. The molecule has 0 aromatic heterocycles. The molecule has 1 heterocycles. The van der Waals surface area contributed by atoms with Gasteiger partial charge in [-0.3, -0.25) is 4.79 Å². The number of carbonyl (C=O) groups is 1. The number of nitrogens with one attached hydrogen (secondary N) is 1. The third kappa shape index (κ3) is 3.15. The van der Waals surface area contributed by atoms with Gasteiger partial charge in [0, 0.05) is 18.1 Å². The lowest BCUT2D eigenvalue weighted by atomic mass is 10.0. The van der Waals surface area contributed by atoms with Gasteiger partial charge in [-0.1, -0.05) is 23.7 Å². The van der Waals surface area contributed by atoms with Gasteiger partial charge in [-0.2, -0.15) is 0 Å². The standard InChI is InChI=1S/C16H20ClNO2/c17-13-4-1-3-12(11-13)16(8-9-16)18-15(19)7-6-14-5-2-10-20-14/h1,3-4,11,14H,2,5-10H2,(H,18,19). The van der Waals surface area contributed by atoms with Gasteiger partial charge in [0.05, 0.1) is 11.6 Å². The molecule has 1 saturated carbocycles. The van der Waals surface area contributed by atoms with Crippen molar-refractivity contribution in [2.45, 2.75) is 50.2 Å². The minimum atomic E-state index is -0.168. The molecule has 20 heavy (non-hydrogen) atoms. The van der Waals surface area contributed by atoms with Crippen LogP contribution in [0.15, 0.2) is 24.3 Å². The summed E-state index contributed by atoms with van der Waals surface area (Å²) in [5.41, 5.74) is 0.953. The maximum Gasteiger partial charge on any atom is 0.220 e. The number of hydrogen-bond donors (Lipinski definition) is 1. The molecule has 1 unspecified atom stereocenters. The van der Waals surface area contributed by atoms with E-state index in [-0.39, 0.29) is 17.6 Å². The molecule has 2 aliphatic rings. The predicted octanol–water partition coefficient (Wildman–Crippen LogP) is 3.40. The highest BCUT2D eigenvalue weighted by molar-refractivity contribution is 6.30. The van der Waals surface area contributed by atoms with Gasteiger partial charge >= 0.3 is 0 Å². The van der Waals surface area contributed by atoms with Gasteiger partial charge in [0.2, 0.25) is 5.91 Å². The van der Waals surface area contributed by atoms with Crippen molar-refractivity contribution in [1.82, 2.24) is 5.32 Å². The molecular formula is C16H20ClNO2. The molecular weight excluding hydrogens is 274 g/mol. The summed E-state index contributed by atoms with van der Waals surface area (Å²) in [6.45, 7) is 0.846. The van der Waals surface area contributed by atoms with Crippen molar-refractivity contribution in [2.75, 3.05) is 6.61 Å². The van der Waals surface area contributed by atoms with E-state index in [9.17, 15) is 4.79 Å². The van der Waals surface area contributed by atoms with Crippen LogP contribution in [0.5, 0.6) is 0 Å². The predicted molar refractivity (Wildman–Crippen MR) is 78.7 cm³/mol. The lowest BCUT2D eigenvalue weighted by molar-refractivity contribution is -0.122. The maximum absolute atomic E-state index is 12.1. The molecule has 0 spiro atoms. The third-order valence-electron chi connectivity index (χ3n) is 4.22. The first-order valence-electron chi connectivity index (χ1n) is 7.37. The van der Waals surface area contributed by atoms with E-state index in [0.717, 1.165) is 49.3 Å². The summed E-state index contributed by atoms with van der Waals surface area (Å²) in [7, 11) is 0. The number of benzene rings is 1. The fourth-order valence-electron chi connectivity index (χ4n) is 2.89. The second kappa shape index (κ2) is 5.74. The van der Waals surface area contributed by atoms with Crippen molar-refractivity contribution in [2.24, 2.45) is 0 Å². The van der Waals surface area contributed by atoms with Crippen LogP contribution in [0.4, 0.5) is 0 Å². The van der Waals surface area contributed by atoms with E-state index in [1.165, 1.54) is 0 Å². The second-order valence-corrected chi connectivity index (χ2v) is 6.25. The molecule has 3 rings (SSSR count). The van der Waals surface area contributed by atoms with Crippen LogP contribution >= 0.6 is 11.6 Å². The Bertz CT molecular complexity index is 493. The van der Waals surface area contributed by atoms with Crippen LogP contribution in [0.2, 0.25) is 5.02 Å². The molecule has 1 aliphatic heterocycles. The van der Waals surface area contributed by atoms with Crippen LogP contribution in [-0.4, -0.2) is 18.6 Å². The first-order valence-corrected chi connectivity index (χ1v) is 7.74. The Hall–Kier alpha value is -1.06. The van der Waals surface area contributed by atoms with Crippen molar-refractivity contribution >= 4 is 17.5 Å². The average molecular weight is 294 g/mol. The Balaban J connectivity index is 1.55. The smallest absolute Gasteiger partial charge is 0.220 e. The molecule has 1 saturated heterocycles. The van der Waals surface area contributed by atoms with Crippen LogP contribution in [0.3, 0.4) is 0 Å². The molecule has 1 aromatic carbocycles. The molecule has 1 amide bonds. The van der Waals surface area contributed by atoms with Crippen LogP contribution in [-0.2, 0) is 15.1 Å². The Morgan fingerprint density at radius 2 is 2.30 bits per heavy atom. The van der Waals surface area contributed by atoms with Crippen molar-refractivity contribution in [3.63, 3.8) is 0 Å². The highest BCUT2D eigenvalue weighted by Crippen LogP contribution is 2.46. The third-order valence-corrected chi connectivity index (χ3v) is 4.46. The lowest BCUT2D eigenvalue weighted by Gasteiger charge is -2.19. The van der Waals surface area contributed by atoms with Crippen molar-refractivity contribution in [3.8, 4) is 0 Å². The molecule has 108 valence electrons. The minimum Gasteiger partial charge on any atom is -0.378 e. The van der Waals surface area contributed by atoms with Crippen LogP contribution < -0.4 is 5.32 Å². The van der Waals surface area contributed by atoms with Crippen molar-refractivity contribution < 1.29 is 9.53 Å². The highest BCUT2D eigenvalue weighted by Gasteiger charge is 2.45. The van der Waals surface area contributed by atoms with Gasteiger partial charge in [0.1, 0.15) is 0 Å². The molecule has 1 aliphatic carbocycles. The second-order valence-electron chi connectivity index (χ2n) is 5.81. The summed E-state index contributed by atoms with van der Waals surface area (Å²) in [4.78, 5) is 12.1. The SMILES string of the molecule is O=C(CCC1CCCO1)NC1(c2cccc(Cl)c2)CC1. The zero-order chi connectivity index (χ0) is 14.0. The van der Waals surface area contributed by atoms with Gasteiger partial charge < -0.3 is 10.1 Å². The fraction of sp³-hybridized carbons (Fsp3) is 0.562. The highest BCUT2D eigenvalue weighted by atomic mass is 35.5. The molecule has 0 bridgehead atoms. The van der Waals surface area contributed by atoms with E-state index in [1.807, 2.05) is 24.3 Å². The Labute approximate surface area is 124 Å². The van der Waals surface area contributed by atoms with E-state index in [1.54, 1.807) is 0 Å². The molecule has 2 fully saturated rings. The Morgan fingerprint density at radius 3 is 2.95 bits per heavy atom. The van der Waals surface area contributed by atoms with Gasteiger partial charge in [-0.15, -0.1) is 0 Å². The zero-order valence-corrected chi connectivity index (χ0v) is 12.3. The van der Waals surface area contributed by atoms with E-state index >= 15 is 0 Å². The number of rotatable bonds is 5. The summed E-state index contributed by atoms with van der Waals surface area (Å²) in [6, 6.07) is 7.80. The summed E-state index contributed by atoms with van der Waals surface area (Å²) >= 11 is 6.03. The van der Waals surface area contributed by atoms with Gasteiger partial charge in [0.15, 0.2) is 0 Å². The quantitative estimate of drug-likeness (QED) is 0.903. The lowest BCUT2D eigenvalue weighted by Crippen LogP contribution is -2.35. The Kier molecular flexibility index (Phi) is 3.99. The summed E-state index contributed by atoms with van der Waals surface area (Å²) in [5.74, 6) is 0.123. The zero-order valence-electron chi connectivity index (χ0n) is 11.5. The minimum absolute atomic E-state index is 0.123. The van der Waals surface area contributed by atoms with Gasteiger partial charge in [0.25, 0.3) is 0 Å². The van der Waals surface area contributed by atoms with Crippen molar-refractivity contribution in [3.05, 3.63) is 34.9 Å². The van der Waals surface area contributed by atoms with E-state index in [4.69, 9.17) is 16.3 Å². The Morgan fingerprint density at radius 1 is 1.45 bits per heavy atom. The normalized spacial score (nSPS) is 23.6. The van der Waals surface area contributed by atoms with Gasteiger partial charge in [-0.25, -0.2) is 0 Å². The molecule has 1 aromatic rings. The number of hydrogen-bond acceptors (Lipinski definition) is 2. The van der Waals surface area contributed by atoms with Crippen LogP contribution in [0, 0.1) is 0 Å². The topological polar surface area (TPSA) is 38.3 Å². The van der Waals surface area contributed by atoms with Gasteiger partial charge in [-0.05, 0) is 49.8 Å². The molecule has 1 atom stereocenters. The number of amides is 1. The largest absolute Gasteiger partial charge is 0.378 e. The average Bonchev–Trinajstić information content (AvgIpc) is 3.02. The molecule has 1 N–H and O–H groups in total. The van der Waals surface area contributed by atoms with E-state index in [0.29, 0.717) is 6.42 Å². The van der Waals surface area contributed by atoms with Crippen LogP contribution in [0.1, 0.15) is 44.1 Å². The number of ether oxygens (including phenoxy) is 1. The summed E-state index contributed by atoms with van der Waals surface area (Å²) in [5, 5.41) is 3.91. The summed E-state index contributed by atoms with van der Waals surface area (Å²) in [6.07, 6.45) is 5.87. The maximum atomic E-state index is 12.1. The number of halogens is 1. The number of carbonyl (C=O) groups excluding carboxylic acids is 1. The molecule has 3 nitrogen and oxygen atoms in total. The first kappa shape index (κ1) is 13.9. The molecule has 0 radical (unpaired) electrons. The van der Waals surface area contributed by atoms with Crippen molar-refractivity contribution in [1.29, 1.82) is 0 Å². The van der Waals surface area contributed by atoms with E-state index < -0.39 is 0 Å². The van der Waals surface area contributed by atoms with Crippen LogP contribution in [0.25, 0.3) is 0 Å².